The summed E-state index contributed by atoms with van der Waals surface area (Å²) >= 11 is 3.42. The second kappa shape index (κ2) is 6.42. The van der Waals surface area contributed by atoms with Crippen molar-refractivity contribution in [1.29, 1.82) is 0 Å². The number of carbonyl (C=O) groups is 1. The molecule has 1 aromatic carbocycles. The van der Waals surface area contributed by atoms with Crippen LogP contribution < -0.4 is 10.6 Å². The summed E-state index contributed by atoms with van der Waals surface area (Å²) < 4.78 is 2.90. The number of nitrogens with one attached hydrogen (secondary N) is 2. The number of imidazole rings is 1. The van der Waals surface area contributed by atoms with Crippen LogP contribution >= 0.6 is 15.9 Å². The lowest BCUT2D eigenvalue weighted by Gasteiger charge is -2.09. The van der Waals surface area contributed by atoms with Gasteiger partial charge in [0.1, 0.15) is 5.65 Å². The van der Waals surface area contributed by atoms with Gasteiger partial charge in [-0.15, -0.1) is 0 Å². The van der Waals surface area contributed by atoms with Crippen molar-refractivity contribution in [3.05, 3.63) is 64.0 Å². The summed E-state index contributed by atoms with van der Waals surface area (Å²) in [6.07, 6.45) is 3.83. The molecule has 0 saturated carbocycles. The number of pyridine rings is 1. The molecule has 0 aliphatic heterocycles. The molecular formula is C17H17BrN4O. The van der Waals surface area contributed by atoms with Gasteiger partial charge < -0.3 is 15.0 Å². The highest BCUT2D eigenvalue weighted by molar-refractivity contribution is 9.10. The summed E-state index contributed by atoms with van der Waals surface area (Å²) in [6, 6.07) is 9.54. The van der Waals surface area contributed by atoms with E-state index in [4.69, 9.17) is 0 Å². The van der Waals surface area contributed by atoms with Gasteiger partial charge in [-0.3, -0.25) is 0 Å². The van der Waals surface area contributed by atoms with Crippen LogP contribution in [-0.2, 0) is 6.54 Å². The van der Waals surface area contributed by atoms with E-state index >= 15 is 0 Å². The number of hydrogen-bond acceptors (Lipinski definition) is 2. The van der Waals surface area contributed by atoms with Crippen molar-refractivity contribution in [3.63, 3.8) is 0 Å². The normalized spacial score (nSPS) is 10.7. The number of urea groups is 1. The van der Waals surface area contributed by atoms with E-state index in [0.29, 0.717) is 6.54 Å². The van der Waals surface area contributed by atoms with Crippen LogP contribution in [0.5, 0.6) is 0 Å². The zero-order chi connectivity index (χ0) is 16.4. The maximum Gasteiger partial charge on any atom is 0.319 e. The summed E-state index contributed by atoms with van der Waals surface area (Å²) in [5.41, 5.74) is 4.67. The van der Waals surface area contributed by atoms with Crippen molar-refractivity contribution in [2.75, 3.05) is 5.32 Å². The third kappa shape index (κ3) is 3.71. The fourth-order valence-electron chi connectivity index (χ4n) is 2.39. The minimum absolute atomic E-state index is 0.241. The fourth-order valence-corrected chi connectivity index (χ4v) is 2.75. The number of amides is 2. The second-order valence-corrected chi connectivity index (χ2v) is 6.39. The van der Waals surface area contributed by atoms with E-state index in [1.807, 2.05) is 61.0 Å². The zero-order valence-corrected chi connectivity index (χ0v) is 14.5. The summed E-state index contributed by atoms with van der Waals surface area (Å²) in [7, 11) is 0. The Kier molecular flexibility index (Phi) is 4.34. The van der Waals surface area contributed by atoms with Gasteiger partial charge in [0, 0.05) is 22.6 Å². The van der Waals surface area contributed by atoms with Gasteiger partial charge in [-0.1, -0.05) is 17.7 Å². The number of benzene rings is 1. The molecule has 0 radical (unpaired) electrons. The summed E-state index contributed by atoms with van der Waals surface area (Å²) in [6.45, 7) is 4.37. The molecule has 6 heteroatoms. The number of rotatable bonds is 3. The van der Waals surface area contributed by atoms with Crippen LogP contribution in [-0.4, -0.2) is 15.4 Å². The molecule has 0 atom stereocenters. The first-order valence-electron chi connectivity index (χ1n) is 7.26. The predicted octanol–water partition coefficient (Wildman–Crippen LogP) is 4.04. The van der Waals surface area contributed by atoms with E-state index in [2.05, 4.69) is 31.5 Å². The number of anilines is 1. The third-order valence-corrected chi connectivity index (χ3v) is 3.99. The minimum Gasteiger partial charge on any atom is -0.332 e. The molecule has 2 aromatic heterocycles. The standard InChI is InChI=1S/C17H17BrN4O/c1-11-3-5-15(12(2)7-11)21-17(23)19-8-14-10-22-9-13(18)4-6-16(22)20-14/h3-7,9-10H,8H2,1-2H3,(H2,19,21,23). The van der Waals surface area contributed by atoms with Crippen LogP contribution in [0.15, 0.2) is 47.2 Å². The van der Waals surface area contributed by atoms with Crippen LogP contribution in [0.1, 0.15) is 16.8 Å². The van der Waals surface area contributed by atoms with Gasteiger partial charge in [0.05, 0.1) is 12.2 Å². The van der Waals surface area contributed by atoms with Gasteiger partial charge in [-0.25, -0.2) is 9.78 Å². The van der Waals surface area contributed by atoms with Crippen molar-refractivity contribution >= 4 is 33.3 Å². The number of carbonyl (C=O) groups excluding carboxylic acids is 1. The number of hydrogen-bond donors (Lipinski definition) is 2. The predicted molar refractivity (Wildman–Crippen MR) is 94.7 cm³/mol. The smallest absolute Gasteiger partial charge is 0.319 e. The van der Waals surface area contributed by atoms with Gasteiger partial charge in [-0.05, 0) is 53.5 Å². The highest BCUT2D eigenvalue weighted by Crippen LogP contribution is 2.16. The van der Waals surface area contributed by atoms with Gasteiger partial charge in [0.15, 0.2) is 0 Å². The van der Waals surface area contributed by atoms with Crippen molar-refractivity contribution in [2.45, 2.75) is 20.4 Å². The van der Waals surface area contributed by atoms with Crippen molar-refractivity contribution in [1.82, 2.24) is 14.7 Å². The quantitative estimate of drug-likeness (QED) is 0.728. The van der Waals surface area contributed by atoms with Crippen LogP contribution in [0, 0.1) is 13.8 Å². The van der Waals surface area contributed by atoms with E-state index in [-0.39, 0.29) is 6.03 Å². The fraction of sp³-hybridized carbons (Fsp3) is 0.176. The molecule has 0 saturated heterocycles. The average Bonchev–Trinajstić information content (AvgIpc) is 2.90. The first-order chi connectivity index (χ1) is 11.0. The molecule has 0 aliphatic rings. The number of halogens is 1. The molecule has 0 bridgehead atoms. The van der Waals surface area contributed by atoms with Crippen molar-refractivity contribution in [2.24, 2.45) is 0 Å². The first kappa shape index (κ1) is 15.6. The molecule has 2 N–H and O–H groups in total. The number of fused-ring (bicyclic) bond motifs is 1. The highest BCUT2D eigenvalue weighted by atomic mass is 79.9. The SMILES string of the molecule is Cc1ccc(NC(=O)NCc2cn3cc(Br)ccc3n2)c(C)c1. The lowest BCUT2D eigenvalue weighted by molar-refractivity contribution is 0.251. The van der Waals surface area contributed by atoms with Crippen LogP contribution in [0.3, 0.4) is 0 Å². The first-order valence-corrected chi connectivity index (χ1v) is 8.06. The Balaban J connectivity index is 1.63. The molecule has 2 heterocycles. The maximum atomic E-state index is 12.0. The molecule has 23 heavy (non-hydrogen) atoms. The lowest BCUT2D eigenvalue weighted by atomic mass is 10.1. The lowest BCUT2D eigenvalue weighted by Crippen LogP contribution is -2.28. The van der Waals surface area contributed by atoms with Gasteiger partial charge in [0.2, 0.25) is 0 Å². The molecule has 118 valence electrons. The molecule has 0 fully saturated rings. The minimum atomic E-state index is -0.241. The Morgan fingerprint density at radius 1 is 1.22 bits per heavy atom. The van der Waals surface area contributed by atoms with Crippen LogP contribution in [0.4, 0.5) is 10.5 Å². The Morgan fingerprint density at radius 3 is 2.83 bits per heavy atom. The topological polar surface area (TPSA) is 58.4 Å². The van der Waals surface area contributed by atoms with Crippen molar-refractivity contribution < 1.29 is 4.79 Å². The van der Waals surface area contributed by atoms with Crippen LogP contribution in [0.25, 0.3) is 5.65 Å². The number of aromatic nitrogens is 2. The largest absolute Gasteiger partial charge is 0.332 e. The van der Waals surface area contributed by atoms with E-state index in [0.717, 1.165) is 27.1 Å². The Morgan fingerprint density at radius 2 is 2.04 bits per heavy atom. The molecule has 2 amide bonds. The Labute approximate surface area is 142 Å². The molecule has 0 spiro atoms. The van der Waals surface area contributed by atoms with E-state index in [1.54, 1.807) is 0 Å². The summed E-state index contributed by atoms with van der Waals surface area (Å²) in [5, 5.41) is 5.69. The van der Waals surface area contributed by atoms with Crippen LogP contribution in [0.2, 0.25) is 0 Å². The third-order valence-electron chi connectivity index (χ3n) is 3.53. The molecular weight excluding hydrogens is 356 g/mol. The molecule has 0 aliphatic carbocycles. The van der Waals surface area contributed by atoms with Crippen molar-refractivity contribution in [3.8, 4) is 0 Å². The zero-order valence-electron chi connectivity index (χ0n) is 12.9. The van der Waals surface area contributed by atoms with Gasteiger partial charge in [0.25, 0.3) is 0 Å². The molecule has 0 unspecified atom stereocenters. The molecule has 3 rings (SSSR count). The highest BCUT2D eigenvalue weighted by Gasteiger charge is 2.06. The van der Waals surface area contributed by atoms with E-state index in [9.17, 15) is 4.79 Å². The van der Waals surface area contributed by atoms with Gasteiger partial charge in [-0.2, -0.15) is 0 Å². The molecule has 3 aromatic rings. The maximum absolute atomic E-state index is 12.0. The summed E-state index contributed by atoms with van der Waals surface area (Å²) in [5.74, 6) is 0. The number of aryl methyl sites for hydroxylation is 2. The number of nitrogens with zero attached hydrogens (tertiary/aromatic N) is 2. The van der Waals surface area contributed by atoms with E-state index < -0.39 is 0 Å². The Hall–Kier alpha value is -2.34. The monoisotopic (exact) mass is 372 g/mol. The van der Waals surface area contributed by atoms with Gasteiger partial charge >= 0.3 is 6.03 Å². The second-order valence-electron chi connectivity index (χ2n) is 5.47. The van der Waals surface area contributed by atoms with E-state index in [1.165, 1.54) is 5.56 Å². The average molecular weight is 373 g/mol. The summed E-state index contributed by atoms with van der Waals surface area (Å²) in [4.78, 5) is 16.5. The molecule has 5 nitrogen and oxygen atoms in total. The Bertz CT molecular complexity index is 872.